The summed E-state index contributed by atoms with van der Waals surface area (Å²) in [5, 5.41) is 0. The van der Waals surface area contributed by atoms with Crippen LogP contribution < -0.4 is 15.4 Å². The molecular weight excluding hydrogens is 374 g/mol. The Morgan fingerprint density at radius 1 is 0.833 bits per heavy atom. The van der Waals surface area contributed by atoms with Crippen LogP contribution in [0.2, 0.25) is 0 Å². The van der Waals surface area contributed by atoms with E-state index < -0.39 is 0 Å². The van der Waals surface area contributed by atoms with E-state index in [1.165, 1.54) is 0 Å². The number of anilines is 3. The Hall–Kier alpha value is -3.31. The molecule has 0 radical (unpaired) electrons. The molecule has 1 amide bonds. The Bertz CT molecular complexity index is 921. The molecule has 0 heterocycles. The van der Waals surface area contributed by atoms with Crippen LogP contribution in [0.3, 0.4) is 0 Å². The first-order valence-corrected chi connectivity index (χ1v) is 10.3. The molecule has 0 saturated carbocycles. The van der Waals surface area contributed by atoms with Gasteiger partial charge in [0.05, 0.1) is 0 Å². The quantitative estimate of drug-likeness (QED) is 0.513. The van der Waals surface area contributed by atoms with Gasteiger partial charge in [0, 0.05) is 29.2 Å². The van der Waals surface area contributed by atoms with Crippen molar-refractivity contribution in [3.05, 3.63) is 84.4 Å². The van der Waals surface area contributed by atoms with Crippen LogP contribution >= 0.6 is 0 Å². The largest absolute Gasteiger partial charge is 0.492 e. The van der Waals surface area contributed by atoms with Crippen LogP contribution in [-0.4, -0.2) is 37.0 Å². The number of nitrogen functional groups attached to an aromatic ring is 1. The molecule has 5 heteroatoms. The predicted octanol–water partition coefficient (Wildman–Crippen LogP) is 4.97. The molecule has 0 aliphatic heterocycles. The van der Waals surface area contributed by atoms with E-state index in [1.807, 2.05) is 54.6 Å². The maximum atomic E-state index is 13.3. The van der Waals surface area contributed by atoms with Gasteiger partial charge in [-0.2, -0.15) is 0 Å². The molecule has 0 spiro atoms. The third-order valence-electron chi connectivity index (χ3n) is 5.04. The number of nitrogens with two attached hydrogens (primary N) is 1. The number of para-hydroxylation sites is 1. The maximum absolute atomic E-state index is 13.3. The summed E-state index contributed by atoms with van der Waals surface area (Å²) in [6.45, 7) is 7.84. The number of hydrogen-bond donors (Lipinski definition) is 1. The van der Waals surface area contributed by atoms with Gasteiger partial charge in [-0.05, 0) is 73.8 Å². The fourth-order valence-corrected chi connectivity index (χ4v) is 3.24. The van der Waals surface area contributed by atoms with E-state index in [0.717, 1.165) is 36.8 Å². The van der Waals surface area contributed by atoms with Gasteiger partial charge in [0.25, 0.3) is 5.91 Å². The van der Waals surface area contributed by atoms with Crippen LogP contribution in [0.25, 0.3) is 0 Å². The summed E-state index contributed by atoms with van der Waals surface area (Å²) >= 11 is 0. The molecule has 3 aromatic rings. The van der Waals surface area contributed by atoms with Gasteiger partial charge in [0.15, 0.2) is 0 Å². The van der Waals surface area contributed by atoms with Crippen molar-refractivity contribution in [3.8, 4) is 5.75 Å². The molecule has 0 atom stereocenters. The van der Waals surface area contributed by atoms with E-state index >= 15 is 0 Å². The first-order valence-electron chi connectivity index (χ1n) is 10.3. The van der Waals surface area contributed by atoms with Gasteiger partial charge in [-0.25, -0.2) is 0 Å². The van der Waals surface area contributed by atoms with E-state index in [9.17, 15) is 4.79 Å². The summed E-state index contributed by atoms with van der Waals surface area (Å²) in [5.41, 5.74) is 8.56. The zero-order chi connectivity index (χ0) is 21.3. The van der Waals surface area contributed by atoms with Crippen molar-refractivity contribution < 1.29 is 9.53 Å². The van der Waals surface area contributed by atoms with Crippen molar-refractivity contribution in [1.29, 1.82) is 0 Å². The van der Waals surface area contributed by atoms with Gasteiger partial charge in [0.1, 0.15) is 12.4 Å². The van der Waals surface area contributed by atoms with Crippen molar-refractivity contribution in [2.45, 2.75) is 13.8 Å². The smallest absolute Gasteiger partial charge is 0.262 e. The third-order valence-corrected chi connectivity index (χ3v) is 5.04. The molecule has 0 aromatic heterocycles. The number of benzene rings is 3. The van der Waals surface area contributed by atoms with Gasteiger partial charge in [-0.1, -0.05) is 32.0 Å². The number of carbonyl (C=O) groups excluding carboxylic acids is 1. The minimum absolute atomic E-state index is 0.114. The number of nitrogens with zero attached hydrogens (tertiary/aromatic N) is 2. The van der Waals surface area contributed by atoms with Crippen LogP contribution in [0.1, 0.15) is 24.2 Å². The first-order chi connectivity index (χ1) is 14.6. The number of hydrogen-bond acceptors (Lipinski definition) is 4. The second-order valence-corrected chi connectivity index (χ2v) is 6.97. The lowest BCUT2D eigenvalue weighted by molar-refractivity contribution is 0.0999. The lowest BCUT2D eigenvalue weighted by Crippen LogP contribution is -2.28. The monoisotopic (exact) mass is 403 g/mol. The van der Waals surface area contributed by atoms with Crippen LogP contribution in [0.5, 0.6) is 5.75 Å². The highest BCUT2D eigenvalue weighted by molar-refractivity contribution is 6.11. The van der Waals surface area contributed by atoms with E-state index in [4.69, 9.17) is 10.5 Å². The van der Waals surface area contributed by atoms with Crippen molar-refractivity contribution in [2.24, 2.45) is 0 Å². The Labute approximate surface area is 178 Å². The summed E-state index contributed by atoms with van der Waals surface area (Å²) in [6, 6.07) is 24.2. The summed E-state index contributed by atoms with van der Waals surface area (Å²) in [5.74, 6) is 0.676. The average molecular weight is 404 g/mol. The second-order valence-electron chi connectivity index (χ2n) is 6.97. The lowest BCUT2D eigenvalue weighted by Gasteiger charge is -2.23. The lowest BCUT2D eigenvalue weighted by atomic mass is 10.1. The van der Waals surface area contributed by atoms with E-state index in [0.29, 0.717) is 17.9 Å². The first kappa shape index (κ1) is 21.4. The average Bonchev–Trinajstić information content (AvgIpc) is 2.79. The number of rotatable bonds is 9. The summed E-state index contributed by atoms with van der Waals surface area (Å²) in [6.07, 6.45) is 0. The van der Waals surface area contributed by atoms with Gasteiger partial charge in [0.2, 0.25) is 0 Å². The second kappa shape index (κ2) is 10.5. The summed E-state index contributed by atoms with van der Waals surface area (Å²) in [4.78, 5) is 17.3. The van der Waals surface area contributed by atoms with Crippen molar-refractivity contribution in [3.63, 3.8) is 0 Å². The SMILES string of the molecule is CCN(CC)CCOc1ccc(N(C(=O)c2ccc(N)cc2)c2ccccc2)cc1. The fourth-order valence-electron chi connectivity index (χ4n) is 3.24. The standard InChI is InChI=1S/C25H29N3O2/c1-3-27(4-2)18-19-30-24-16-14-23(15-17-24)28(22-8-6-5-7-9-22)25(29)20-10-12-21(26)13-11-20/h5-17H,3-4,18-19,26H2,1-2H3. The van der Waals surface area contributed by atoms with E-state index in [1.54, 1.807) is 29.2 Å². The van der Waals surface area contributed by atoms with Crippen molar-refractivity contribution in [2.75, 3.05) is 36.9 Å². The highest BCUT2D eigenvalue weighted by atomic mass is 16.5. The van der Waals surface area contributed by atoms with Crippen LogP contribution in [-0.2, 0) is 0 Å². The molecular formula is C25H29N3O2. The predicted molar refractivity (Wildman–Crippen MR) is 123 cm³/mol. The maximum Gasteiger partial charge on any atom is 0.262 e. The zero-order valence-corrected chi connectivity index (χ0v) is 17.6. The molecule has 0 bridgehead atoms. The Morgan fingerprint density at radius 2 is 1.43 bits per heavy atom. The van der Waals surface area contributed by atoms with E-state index in [2.05, 4.69) is 18.7 Å². The molecule has 0 fully saturated rings. The molecule has 0 aliphatic carbocycles. The molecule has 5 nitrogen and oxygen atoms in total. The molecule has 0 saturated heterocycles. The van der Waals surface area contributed by atoms with Gasteiger partial charge in [-0.15, -0.1) is 0 Å². The van der Waals surface area contributed by atoms with Crippen molar-refractivity contribution in [1.82, 2.24) is 4.90 Å². The number of likely N-dealkylation sites (N-methyl/N-ethyl adjacent to an activating group) is 1. The molecule has 3 aromatic carbocycles. The van der Waals surface area contributed by atoms with Crippen molar-refractivity contribution >= 4 is 23.0 Å². The van der Waals surface area contributed by atoms with Crippen LogP contribution in [0.4, 0.5) is 17.1 Å². The number of amides is 1. The molecule has 0 aliphatic rings. The van der Waals surface area contributed by atoms with Gasteiger partial charge in [-0.3, -0.25) is 9.69 Å². The minimum atomic E-state index is -0.114. The van der Waals surface area contributed by atoms with Crippen LogP contribution in [0, 0.1) is 0 Å². The molecule has 30 heavy (non-hydrogen) atoms. The minimum Gasteiger partial charge on any atom is -0.492 e. The Kier molecular flexibility index (Phi) is 7.46. The third kappa shape index (κ3) is 5.39. The van der Waals surface area contributed by atoms with Gasteiger partial charge < -0.3 is 15.4 Å². The summed E-state index contributed by atoms with van der Waals surface area (Å²) in [7, 11) is 0. The zero-order valence-electron chi connectivity index (χ0n) is 17.6. The number of carbonyl (C=O) groups is 1. The molecule has 0 unspecified atom stereocenters. The molecule has 3 rings (SSSR count). The Balaban J connectivity index is 1.80. The number of ether oxygens (including phenoxy) is 1. The topological polar surface area (TPSA) is 58.8 Å². The van der Waals surface area contributed by atoms with Crippen LogP contribution in [0.15, 0.2) is 78.9 Å². The highest BCUT2D eigenvalue weighted by Gasteiger charge is 2.19. The molecule has 156 valence electrons. The summed E-state index contributed by atoms with van der Waals surface area (Å²) < 4.78 is 5.88. The normalized spacial score (nSPS) is 10.8. The Morgan fingerprint density at radius 3 is 2.03 bits per heavy atom. The highest BCUT2D eigenvalue weighted by Crippen LogP contribution is 2.29. The van der Waals surface area contributed by atoms with E-state index in [-0.39, 0.29) is 5.91 Å². The van der Waals surface area contributed by atoms with Gasteiger partial charge >= 0.3 is 0 Å². The fraction of sp³-hybridized carbons (Fsp3) is 0.240. The molecule has 2 N–H and O–H groups in total.